The molecule has 0 fully saturated rings. The minimum Gasteiger partial charge on any atom is -0.311 e. The molecule has 0 unspecified atom stereocenters. The number of hydrogen-bond acceptors (Lipinski definition) is 3. The summed E-state index contributed by atoms with van der Waals surface area (Å²) in [6.07, 6.45) is 0. The molecule has 4 heteroatoms. The number of benzene rings is 5. The lowest BCUT2D eigenvalue weighted by molar-refractivity contribution is 0.589. The number of fused-ring (bicyclic) bond motifs is 6. The number of anilines is 6. The Morgan fingerprint density at radius 1 is 0.393 bits per heavy atom. The maximum atomic E-state index is 2.62. The van der Waals surface area contributed by atoms with E-state index in [1.54, 1.807) is 0 Å². The van der Waals surface area contributed by atoms with Gasteiger partial charge in [-0.25, -0.2) is 0 Å². The van der Waals surface area contributed by atoms with Crippen LogP contribution in [0.5, 0.6) is 0 Å². The molecule has 0 saturated carbocycles. The van der Waals surface area contributed by atoms with Gasteiger partial charge in [0.1, 0.15) is 0 Å². The third-order valence-electron chi connectivity index (χ3n) is 12.3. The predicted molar refractivity (Wildman–Crippen MR) is 249 cm³/mol. The molecule has 0 spiro atoms. The normalized spacial score (nSPS) is 14.6. The monoisotopic (exact) mass is 756 g/mol. The summed E-state index contributed by atoms with van der Waals surface area (Å²) in [5.74, 6) is 0. The van der Waals surface area contributed by atoms with Gasteiger partial charge in [0.2, 0.25) is 0 Å². The van der Waals surface area contributed by atoms with Gasteiger partial charge in [-0.05, 0) is 125 Å². The first-order valence-corrected chi connectivity index (χ1v) is 21.5. The second-order valence-electron chi connectivity index (χ2n) is 21.7. The molecule has 0 atom stereocenters. The molecule has 2 aliphatic rings. The number of nitrogens with zero attached hydrogens (tertiary/aromatic N) is 2. The zero-order chi connectivity index (χ0) is 40.5. The van der Waals surface area contributed by atoms with E-state index >= 15 is 0 Å². The van der Waals surface area contributed by atoms with E-state index in [9.17, 15) is 0 Å². The molecule has 0 N–H and O–H groups in total. The highest BCUT2D eigenvalue weighted by atomic mass is 32.1. The van der Waals surface area contributed by atoms with Crippen molar-refractivity contribution in [3.8, 4) is 0 Å². The standard InChI is InChI=1S/C52H61BN2S/c1-48(2,3)32-16-22-37(23-17-32)54-41-26-20-35(51(10,11)12)29-40(41)53-45-39-28-34(50(7,8)9)21-27-44(39)56-47(45)55(38-24-18-33(19-25-38)49(4,5)6)43-31-36(52(13,14)15)30-42(54)46(43)53/h16-31H,1-15H3. The molecule has 2 aliphatic heterocycles. The molecule has 6 aromatic rings. The van der Waals surface area contributed by atoms with Gasteiger partial charge >= 0.3 is 0 Å². The Morgan fingerprint density at radius 3 is 1.32 bits per heavy atom. The van der Waals surface area contributed by atoms with E-state index in [4.69, 9.17) is 0 Å². The summed E-state index contributed by atoms with van der Waals surface area (Å²) >= 11 is 1.96. The molecule has 0 saturated heterocycles. The fourth-order valence-corrected chi connectivity index (χ4v) is 9.90. The van der Waals surface area contributed by atoms with Gasteiger partial charge in [-0.15, -0.1) is 11.3 Å². The topological polar surface area (TPSA) is 6.48 Å². The van der Waals surface area contributed by atoms with E-state index in [1.807, 2.05) is 11.3 Å². The van der Waals surface area contributed by atoms with Crippen molar-refractivity contribution in [2.75, 3.05) is 9.80 Å². The Balaban J connectivity index is 1.52. The van der Waals surface area contributed by atoms with Crippen LogP contribution >= 0.6 is 11.3 Å². The Kier molecular flexibility index (Phi) is 8.69. The fourth-order valence-electron chi connectivity index (χ4n) is 8.64. The van der Waals surface area contributed by atoms with Crippen LogP contribution in [0.15, 0.2) is 97.1 Å². The van der Waals surface area contributed by atoms with E-state index in [-0.39, 0.29) is 33.8 Å². The van der Waals surface area contributed by atoms with Crippen LogP contribution in [0.1, 0.15) is 132 Å². The van der Waals surface area contributed by atoms with Crippen LogP contribution in [0, 0.1) is 0 Å². The molecule has 5 aromatic carbocycles. The van der Waals surface area contributed by atoms with E-state index in [0.717, 1.165) is 0 Å². The molecule has 2 nitrogen and oxygen atoms in total. The molecule has 3 heterocycles. The summed E-state index contributed by atoms with van der Waals surface area (Å²) in [5, 5.41) is 2.71. The van der Waals surface area contributed by atoms with Gasteiger partial charge in [-0.1, -0.05) is 152 Å². The lowest BCUT2D eigenvalue weighted by Crippen LogP contribution is -2.61. The van der Waals surface area contributed by atoms with E-state index in [1.165, 1.54) is 87.7 Å². The molecule has 0 bridgehead atoms. The van der Waals surface area contributed by atoms with E-state index in [2.05, 4.69) is 211 Å². The maximum absolute atomic E-state index is 2.62. The molecule has 0 amide bonds. The van der Waals surface area contributed by atoms with Crippen molar-refractivity contribution < 1.29 is 0 Å². The van der Waals surface area contributed by atoms with E-state index < -0.39 is 0 Å². The second-order valence-corrected chi connectivity index (χ2v) is 22.7. The average Bonchev–Trinajstić information content (AvgIpc) is 3.48. The van der Waals surface area contributed by atoms with Crippen LogP contribution in [0.2, 0.25) is 0 Å². The molecule has 288 valence electrons. The van der Waals surface area contributed by atoms with Gasteiger partial charge in [0.05, 0.1) is 5.00 Å². The van der Waals surface area contributed by atoms with Gasteiger partial charge in [0.25, 0.3) is 6.71 Å². The summed E-state index contributed by atoms with van der Waals surface area (Å²) in [6.45, 7) is 35.0. The molecule has 0 aliphatic carbocycles. The van der Waals surface area contributed by atoms with Crippen LogP contribution in [0.3, 0.4) is 0 Å². The zero-order valence-corrected chi connectivity index (χ0v) is 37.4. The maximum Gasteiger partial charge on any atom is 0.254 e. The zero-order valence-electron chi connectivity index (χ0n) is 36.6. The largest absolute Gasteiger partial charge is 0.311 e. The van der Waals surface area contributed by atoms with Gasteiger partial charge in [0.15, 0.2) is 0 Å². The van der Waals surface area contributed by atoms with Crippen molar-refractivity contribution in [3.63, 3.8) is 0 Å². The lowest BCUT2D eigenvalue weighted by atomic mass is 9.33. The first kappa shape index (κ1) is 38.6. The van der Waals surface area contributed by atoms with Gasteiger partial charge in [-0.3, -0.25) is 0 Å². The molecule has 0 radical (unpaired) electrons. The molecule has 1 aromatic heterocycles. The van der Waals surface area contributed by atoms with Crippen molar-refractivity contribution in [2.24, 2.45) is 0 Å². The van der Waals surface area contributed by atoms with Crippen molar-refractivity contribution in [2.45, 2.75) is 131 Å². The third-order valence-corrected chi connectivity index (χ3v) is 13.4. The number of thiophene rings is 1. The first-order valence-electron chi connectivity index (χ1n) is 20.6. The first-order chi connectivity index (χ1) is 25.9. The van der Waals surface area contributed by atoms with Crippen molar-refractivity contribution in [1.29, 1.82) is 0 Å². The number of rotatable bonds is 2. The summed E-state index contributed by atoms with van der Waals surface area (Å²) in [7, 11) is 0. The highest BCUT2D eigenvalue weighted by molar-refractivity contribution is 7.26. The van der Waals surface area contributed by atoms with Crippen molar-refractivity contribution in [1.82, 2.24) is 0 Å². The van der Waals surface area contributed by atoms with Crippen molar-refractivity contribution in [3.05, 3.63) is 125 Å². The average molecular weight is 757 g/mol. The minimum absolute atomic E-state index is 0.00185. The molecule has 8 rings (SSSR count). The van der Waals surface area contributed by atoms with Crippen LogP contribution in [-0.4, -0.2) is 6.71 Å². The highest BCUT2D eigenvalue weighted by Gasteiger charge is 2.46. The van der Waals surface area contributed by atoms with Crippen LogP contribution in [-0.2, 0) is 27.1 Å². The van der Waals surface area contributed by atoms with Crippen LogP contribution in [0.25, 0.3) is 10.1 Å². The van der Waals surface area contributed by atoms with Crippen molar-refractivity contribution >= 4 is 78.0 Å². The smallest absolute Gasteiger partial charge is 0.254 e. The van der Waals surface area contributed by atoms with E-state index in [0.29, 0.717) is 0 Å². The Morgan fingerprint density at radius 2 is 0.821 bits per heavy atom. The SMILES string of the molecule is CC(C)(C)c1ccc(N2c3ccc(C(C)(C)C)cc3B3c4c2cc(C(C)(C)C)cc4N(c2ccc(C(C)(C)C)cc2)c2sc4ccc(C(C)(C)C)cc4c23)cc1. The minimum atomic E-state index is -0.0665. The molecular weight excluding hydrogens is 695 g/mol. The molecular formula is C52H61BN2S. The van der Waals surface area contributed by atoms with Gasteiger partial charge in [-0.2, -0.15) is 0 Å². The Hall–Kier alpha value is -4.28. The molecule has 56 heavy (non-hydrogen) atoms. The third kappa shape index (κ3) is 6.41. The van der Waals surface area contributed by atoms with Gasteiger partial charge in [0, 0.05) is 33.1 Å². The lowest BCUT2D eigenvalue weighted by Gasteiger charge is -2.44. The fraction of sp³-hybridized carbons (Fsp3) is 0.385. The Bertz CT molecular complexity index is 2480. The quantitative estimate of drug-likeness (QED) is 0.162. The summed E-state index contributed by atoms with van der Waals surface area (Å²) in [5.41, 5.74) is 17.4. The van der Waals surface area contributed by atoms with Gasteiger partial charge < -0.3 is 9.80 Å². The predicted octanol–water partition coefficient (Wildman–Crippen LogP) is 13.5. The van der Waals surface area contributed by atoms with Crippen LogP contribution in [0.4, 0.5) is 33.4 Å². The Labute approximate surface area is 342 Å². The number of hydrogen-bond donors (Lipinski definition) is 0. The van der Waals surface area contributed by atoms with Crippen LogP contribution < -0.4 is 26.2 Å². The second kappa shape index (κ2) is 12.6. The summed E-state index contributed by atoms with van der Waals surface area (Å²) in [6, 6.07) is 38.5. The highest BCUT2D eigenvalue weighted by Crippen LogP contribution is 2.50. The summed E-state index contributed by atoms with van der Waals surface area (Å²) in [4.78, 5) is 5.20. The summed E-state index contributed by atoms with van der Waals surface area (Å²) < 4.78 is 1.35.